The maximum absolute atomic E-state index is 9.04. The average molecular weight is 1170 g/mol. The van der Waals surface area contributed by atoms with E-state index in [1.54, 1.807) is 12.1 Å². The van der Waals surface area contributed by atoms with Crippen LogP contribution in [0.1, 0.15) is 101 Å². The fourth-order valence-electron chi connectivity index (χ4n) is 10.1. The Morgan fingerprint density at radius 2 is 1.39 bits per heavy atom. The molecule has 0 spiro atoms. The smallest absolute Gasteiger partial charge is 0 e. The third-order valence-electron chi connectivity index (χ3n) is 13.8. The van der Waals surface area contributed by atoms with Gasteiger partial charge >= 0.3 is 157 Å². The molecule has 0 unspecified atom stereocenters. The second-order valence-electron chi connectivity index (χ2n) is 20.5. The minimum atomic E-state index is -2.35. The number of rotatable bonds is 10. The standard InChI is InChI=1S/C43H35N2O.C22H30GeN.Ir/c1-27(2)36-24-32(30-16-9-6-10-17-30)25-37(28(3)4)41(36)45-39-21-12-11-20-38(39)44-43(45)35-19-13-18-34-33-23-22-31(26-40(33)46-42(34)35)29-14-7-5-8-15-29;1-17-10-12-19(13-11-17)22-15-20(14-18-8-6-5-7-9-18)21(16-24-22)23(2,3)4;/h5-18,20-28H,1-4H3;10-12,15-16,18H,5-9,14H2,1-4H3;/q2*-1;/i;1D3,14D2;. The molecule has 0 N–H and O–H groups in total. The van der Waals surface area contributed by atoms with E-state index in [2.05, 4.69) is 182 Å². The molecule has 0 bridgehead atoms. The van der Waals surface area contributed by atoms with Crippen molar-refractivity contribution in [2.75, 3.05) is 0 Å². The SMILES string of the molecule is CC(C)c1cc(-c2ccccc2)cc(C(C)C)c1-n1c(-c2[c-]ccc3c2oc2cc(-c4ccccc4)ccc23)nc2ccccc21.[2H]C([2H])([2H])c1c[c-]c(-c2cc(C([2H])([2H])C3CCCCC3)[c]([Ge]([CH3])([CH3])[CH3])cn2)cc1.[Ir]. The summed E-state index contributed by atoms with van der Waals surface area (Å²) in [6, 6.07) is 58.2. The van der Waals surface area contributed by atoms with E-state index in [1.807, 2.05) is 24.4 Å². The Morgan fingerprint density at radius 1 is 0.718 bits per heavy atom. The van der Waals surface area contributed by atoms with Crippen LogP contribution in [0.5, 0.6) is 0 Å². The zero-order valence-electron chi connectivity index (χ0n) is 46.9. The summed E-state index contributed by atoms with van der Waals surface area (Å²) in [4.78, 5) is 9.93. The molecule has 0 amide bonds. The molecule has 3 heterocycles. The van der Waals surface area contributed by atoms with Crippen molar-refractivity contribution in [3.8, 4) is 50.6 Å². The fraction of sp³-hybridized carbons (Fsp3) is 0.262. The number of imidazole rings is 1. The molecule has 361 valence electrons. The molecule has 1 fully saturated rings. The van der Waals surface area contributed by atoms with Crippen LogP contribution in [0.15, 0.2) is 162 Å². The van der Waals surface area contributed by atoms with Crippen molar-refractivity contribution in [3.05, 3.63) is 192 Å². The molecule has 7 aromatic carbocycles. The van der Waals surface area contributed by atoms with Gasteiger partial charge in [0.05, 0.1) is 22.4 Å². The largest absolute Gasteiger partial charge is 0 e. The summed E-state index contributed by atoms with van der Waals surface area (Å²) < 4.78 is 50.9. The van der Waals surface area contributed by atoms with Gasteiger partial charge in [0.2, 0.25) is 0 Å². The first-order valence-electron chi connectivity index (χ1n) is 27.6. The predicted octanol–water partition coefficient (Wildman–Crippen LogP) is 17.5. The van der Waals surface area contributed by atoms with Crippen molar-refractivity contribution in [2.24, 2.45) is 5.92 Å². The normalized spacial score (nSPS) is 14.6. The van der Waals surface area contributed by atoms with Crippen LogP contribution in [0.2, 0.25) is 17.3 Å². The van der Waals surface area contributed by atoms with Crippen LogP contribution >= 0.6 is 0 Å². The Hall–Kier alpha value is -5.85. The zero-order valence-corrected chi connectivity index (χ0v) is 46.4. The molecular weight excluding hydrogens is 1100 g/mol. The number of furan rings is 1. The number of hydrogen-bond acceptors (Lipinski definition) is 3. The molecule has 0 aliphatic heterocycles. The minimum Gasteiger partial charge on any atom is 0 e. The summed E-state index contributed by atoms with van der Waals surface area (Å²) >= 11 is -2.35. The number of fused-ring (bicyclic) bond motifs is 4. The van der Waals surface area contributed by atoms with Crippen molar-refractivity contribution < 1.29 is 31.4 Å². The van der Waals surface area contributed by atoms with Gasteiger partial charge in [0.25, 0.3) is 0 Å². The molecule has 4 nitrogen and oxygen atoms in total. The van der Waals surface area contributed by atoms with Crippen LogP contribution in [0.4, 0.5) is 0 Å². The van der Waals surface area contributed by atoms with E-state index in [-0.39, 0.29) is 43.4 Å². The Balaban J connectivity index is 0.000000204. The van der Waals surface area contributed by atoms with E-state index in [0.717, 1.165) is 85.6 Å². The molecule has 1 radical (unpaired) electrons. The molecule has 1 saturated carbocycles. The van der Waals surface area contributed by atoms with Crippen molar-refractivity contribution >= 4 is 50.6 Å². The van der Waals surface area contributed by atoms with Crippen LogP contribution < -0.4 is 4.40 Å². The molecule has 1 aliphatic carbocycles. The van der Waals surface area contributed by atoms with Gasteiger partial charge in [-0.1, -0.05) is 124 Å². The van der Waals surface area contributed by atoms with E-state index < -0.39 is 26.5 Å². The number of aryl methyl sites for hydroxylation is 1. The molecule has 11 rings (SSSR count). The van der Waals surface area contributed by atoms with Crippen LogP contribution in [0.25, 0.3) is 83.6 Å². The van der Waals surface area contributed by atoms with E-state index in [9.17, 15) is 0 Å². The Bertz CT molecular complexity index is 3620. The summed E-state index contributed by atoms with van der Waals surface area (Å²) in [5, 5.41) is 2.15. The Kier molecular flexibility index (Phi) is 13.3. The molecule has 10 aromatic rings. The summed E-state index contributed by atoms with van der Waals surface area (Å²) in [5.41, 5.74) is 15.5. The quantitative estimate of drug-likeness (QED) is 0.101. The number of hydrogen-bond donors (Lipinski definition) is 0. The van der Waals surface area contributed by atoms with Gasteiger partial charge in [0.15, 0.2) is 0 Å². The third kappa shape index (κ3) is 10.6. The molecule has 3 aromatic heterocycles. The molecule has 6 heteroatoms. The van der Waals surface area contributed by atoms with Gasteiger partial charge in [-0.05, 0) is 75.5 Å². The van der Waals surface area contributed by atoms with Gasteiger partial charge in [-0.3, -0.25) is 4.98 Å². The second-order valence-corrected chi connectivity index (χ2v) is 31.1. The predicted molar refractivity (Wildman–Crippen MR) is 298 cm³/mol. The monoisotopic (exact) mass is 1180 g/mol. The van der Waals surface area contributed by atoms with Crippen LogP contribution in [0.3, 0.4) is 0 Å². The van der Waals surface area contributed by atoms with E-state index in [0.29, 0.717) is 11.3 Å². The van der Waals surface area contributed by atoms with Gasteiger partial charge in [0.1, 0.15) is 5.58 Å². The number of pyridine rings is 1. The van der Waals surface area contributed by atoms with Gasteiger partial charge < -0.3 is 8.98 Å². The van der Waals surface area contributed by atoms with Gasteiger partial charge in [-0.25, -0.2) is 0 Å². The number of benzene rings is 7. The minimum absolute atomic E-state index is 0. The molecule has 1 aliphatic rings. The topological polar surface area (TPSA) is 43.9 Å². The van der Waals surface area contributed by atoms with Crippen LogP contribution in [0, 0.1) is 24.9 Å². The average Bonchev–Trinajstić information content (AvgIpc) is 3.99. The summed E-state index contributed by atoms with van der Waals surface area (Å²) in [7, 11) is 0. The van der Waals surface area contributed by atoms with Crippen molar-refractivity contribution in [3.63, 3.8) is 0 Å². The first-order valence-corrected chi connectivity index (χ1v) is 32.4. The number of aromatic nitrogens is 3. The van der Waals surface area contributed by atoms with Gasteiger partial charge in [-0.15, -0.1) is 18.2 Å². The van der Waals surface area contributed by atoms with Crippen molar-refractivity contribution in [1.82, 2.24) is 14.5 Å². The number of para-hydroxylation sites is 2. The number of nitrogens with zero attached hydrogens (tertiary/aromatic N) is 3. The second kappa shape index (κ2) is 21.5. The van der Waals surface area contributed by atoms with E-state index >= 15 is 0 Å². The molecule has 0 atom stereocenters. The van der Waals surface area contributed by atoms with Gasteiger partial charge in [-0.2, -0.15) is 0 Å². The maximum Gasteiger partial charge on any atom is 0 e. The zero-order chi connectivity index (χ0) is 52.8. The van der Waals surface area contributed by atoms with Crippen molar-refractivity contribution in [2.45, 2.75) is 102 Å². The van der Waals surface area contributed by atoms with E-state index in [1.165, 1.54) is 46.0 Å². The Morgan fingerprint density at radius 3 is 2.04 bits per heavy atom. The summed E-state index contributed by atoms with van der Waals surface area (Å²) in [6.45, 7) is 6.98. The molecular formula is C65H65GeIrN3O-2. The maximum atomic E-state index is 9.04. The van der Waals surface area contributed by atoms with Crippen LogP contribution in [-0.2, 0) is 26.5 Å². The molecule has 71 heavy (non-hydrogen) atoms. The summed E-state index contributed by atoms with van der Waals surface area (Å²) in [5.74, 6) is 8.26. The van der Waals surface area contributed by atoms with Crippen molar-refractivity contribution in [1.29, 1.82) is 0 Å². The summed E-state index contributed by atoms with van der Waals surface area (Å²) in [6.07, 6.45) is 5.74. The first-order chi connectivity index (χ1) is 35.9. The van der Waals surface area contributed by atoms with Gasteiger partial charge in [0, 0.05) is 31.2 Å². The van der Waals surface area contributed by atoms with E-state index in [4.69, 9.17) is 16.3 Å². The third-order valence-corrected chi connectivity index (χ3v) is 18.1. The fourth-order valence-corrected chi connectivity index (χ4v) is 13.1. The van der Waals surface area contributed by atoms with Crippen LogP contribution in [-0.4, -0.2) is 27.8 Å². The molecule has 0 saturated heterocycles. The first kappa shape index (κ1) is 43.9. The Labute approximate surface area is 444 Å².